The highest BCUT2D eigenvalue weighted by atomic mass is 19.1. The lowest BCUT2D eigenvalue weighted by atomic mass is 10.1. The molecule has 3 aromatic rings. The van der Waals surface area contributed by atoms with Crippen molar-refractivity contribution in [2.24, 2.45) is 0 Å². The monoisotopic (exact) mass is 338 g/mol. The summed E-state index contributed by atoms with van der Waals surface area (Å²) in [6.45, 7) is 0.794. The number of amides is 1. The second-order valence-electron chi connectivity index (χ2n) is 6.14. The van der Waals surface area contributed by atoms with Gasteiger partial charge in [-0.2, -0.15) is 0 Å². The molecule has 3 rings (SSSR count). The molecule has 0 aliphatic rings. The number of hydrogen-bond acceptors (Lipinski definition) is 4. The Morgan fingerprint density at radius 2 is 2.04 bits per heavy atom. The van der Waals surface area contributed by atoms with Gasteiger partial charge in [-0.15, -0.1) is 0 Å². The molecule has 128 valence electrons. The van der Waals surface area contributed by atoms with Crippen molar-refractivity contribution in [3.05, 3.63) is 71.4 Å². The number of halogens is 1. The predicted octanol–water partition coefficient (Wildman–Crippen LogP) is 2.76. The smallest absolute Gasteiger partial charge is 0.253 e. The van der Waals surface area contributed by atoms with Crippen LogP contribution in [-0.4, -0.2) is 34.9 Å². The molecule has 5 nitrogen and oxygen atoms in total. The van der Waals surface area contributed by atoms with Crippen molar-refractivity contribution >= 4 is 16.8 Å². The van der Waals surface area contributed by atoms with Crippen LogP contribution in [0.25, 0.3) is 10.9 Å². The summed E-state index contributed by atoms with van der Waals surface area (Å²) < 4.78 is 14.1. The summed E-state index contributed by atoms with van der Waals surface area (Å²) in [4.78, 5) is 22.4. The minimum atomic E-state index is -0.264. The average Bonchev–Trinajstić information content (AvgIpc) is 2.61. The zero-order chi connectivity index (χ0) is 17.8. The summed E-state index contributed by atoms with van der Waals surface area (Å²) in [5.74, 6) is -0.510. The van der Waals surface area contributed by atoms with E-state index in [0.29, 0.717) is 23.2 Å². The zero-order valence-electron chi connectivity index (χ0n) is 14.2. The van der Waals surface area contributed by atoms with Crippen LogP contribution in [0.4, 0.5) is 4.39 Å². The molecule has 6 heteroatoms. The van der Waals surface area contributed by atoms with Crippen LogP contribution in [0.15, 0.2) is 48.9 Å². The Kier molecular flexibility index (Phi) is 5.00. The van der Waals surface area contributed by atoms with Crippen LogP contribution < -0.4 is 5.32 Å². The quantitative estimate of drug-likeness (QED) is 0.777. The van der Waals surface area contributed by atoms with E-state index in [0.717, 1.165) is 10.9 Å². The third-order valence-electron chi connectivity index (χ3n) is 3.81. The third kappa shape index (κ3) is 4.16. The normalized spacial score (nSPS) is 11.0. The lowest BCUT2D eigenvalue weighted by Gasteiger charge is -2.12. The molecular weight excluding hydrogens is 319 g/mol. The fourth-order valence-electron chi connectivity index (χ4n) is 2.55. The molecule has 0 radical (unpaired) electrons. The predicted molar refractivity (Wildman–Crippen MR) is 94.5 cm³/mol. The van der Waals surface area contributed by atoms with Crippen molar-refractivity contribution in [2.45, 2.75) is 13.1 Å². The number of hydrogen-bond donors (Lipinski definition) is 1. The van der Waals surface area contributed by atoms with Crippen molar-refractivity contribution in [1.29, 1.82) is 0 Å². The Hall–Kier alpha value is -2.86. The Morgan fingerprint density at radius 1 is 1.20 bits per heavy atom. The molecule has 25 heavy (non-hydrogen) atoms. The van der Waals surface area contributed by atoms with Crippen LogP contribution in [0.2, 0.25) is 0 Å². The number of nitrogens with zero attached hydrogens (tertiary/aromatic N) is 3. The molecule has 0 saturated heterocycles. The standard InChI is InChI=1S/C19H19FN4O/c1-24(2)12-15-4-3-13(7-17(15)20)9-23-19(25)16-8-14-5-6-21-11-18(14)22-10-16/h3-8,10-11H,9,12H2,1-2H3,(H,23,25). The van der Waals surface area contributed by atoms with Gasteiger partial charge in [0, 0.05) is 36.4 Å². The Labute approximate surface area is 145 Å². The lowest BCUT2D eigenvalue weighted by molar-refractivity contribution is 0.0950. The molecule has 0 saturated carbocycles. The van der Waals surface area contributed by atoms with Gasteiger partial charge in [0.05, 0.1) is 17.3 Å². The number of carbonyl (C=O) groups is 1. The highest BCUT2D eigenvalue weighted by Crippen LogP contribution is 2.13. The highest BCUT2D eigenvalue weighted by Gasteiger charge is 2.09. The fourth-order valence-corrected chi connectivity index (χ4v) is 2.55. The maximum Gasteiger partial charge on any atom is 0.253 e. The van der Waals surface area contributed by atoms with E-state index in [2.05, 4.69) is 15.3 Å². The van der Waals surface area contributed by atoms with E-state index < -0.39 is 0 Å². The minimum Gasteiger partial charge on any atom is -0.348 e. The summed E-state index contributed by atoms with van der Waals surface area (Å²) in [5, 5.41) is 3.64. The molecule has 0 fully saturated rings. The molecule has 0 aliphatic carbocycles. The first-order valence-electron chi connectivity index (χ1n) is 7.93. The first kappa shape index (κ1) is 17.0. The summed E-state index contributed by atoms with van der Waals surface area (Å²) in [5.41, 5.74) is 2.54. The van der Waals surface area contributed by atoms with Gasteiger partial charge in [0.15, 0.2) is 0 Å². The number of aromatic nitrogens is 2. The number of benzene rings is 1. The summed E-state index contributed by atoms with van der Waals surface area (Å²) in [7, 11) is 3.78. The van der Waals surface area contributed by atoms with Crippen molar-refractivity contribution < 1.29 is 9.18 Å². The molecule has 2 aromatic heterocycles. The Balaban J connectivity index is 1.68. The van der Waals surface area contributed by atoms with Crippen molar-refractivity contribution in [2.75, 3.05) is 14.1 Å². The first-order valence-corrected chi connectivity index (χ1v) is 7.93. The van der Waals surface area contributed by atoms with Crippen molar-refractivity contribution in [3.8, 4) is 0 Å². The van der Waals surface area contributed by atoms with Gasteiger partial charge in [0.25, 0.3) is 5.91 Å². The largest absolute Gasteiger partial charge is 0.348 e. The fraction of sp³-hybridized carbons (Fsp3) is 0.211. The number of nitrogens with one attached hydrogen (secondary N) is 1. The molecule has 0 unspecified atom stereocenters. The third-order valence-corrected chi connectivity index (χ3v) is 3.81. The Morgan fingerprint density at radius 3 is 2.80 bits per heavy atom. The van der Waals surface area contributed by atoms with E-state index in [9.17, 15) is 9.18 Å². The topological polar surface area (TPSA) is 58.1 Å². The Bertz CT molecular complexity index is 911. The van der Waals surface area contributed by atoms with E-state index in [4.69, 9.17) is 0 Å². The maximum atomic E-state index is 14.1. The zero-order valence-corrected chi connectivity index (χ0v) is 14.2. The summed E-state index contributed by atoms with van der Waals surface area (Å²) in [6.07, 6.45) is 4.82. The van der Waals surface area contributed by atoms with Gasteiger partial charge in [-0.05, 0) is 37.9 Å². The van der Waals surface area contributed by atoms with E-state index in [1.54, 1.807) is 30.6 Å². The van der Waals surface area contributed by atoms with Gasteiger partial charge in [0.1, 0.15) is 5.82 Å². The van der Waals surface area contributed by atoms with Crippen LogP contribution >= 0.6 is 0 Å². The highest BCUT2D eigenvalue weighted by molar-refractivity contribution is 5.97. The second kappa shape index (κ2) is 7.36. The molecular formula is C19H19FN4O. The van der Waals surface area contributed by atoms with E-state index >= 15 is 0 Å². The van der Waals surface area contributed by atoms with Crippen LogP contribution in [0.1, 0.15) is 21.5 Å². The van der Waals surface area contributed by atoms with E-state index in [-0.39, 0.29) is 18.3 Å². The lowest BCUT2D eigenvalue weighted by Crippen LogP contribution is -2.23. The van der Waals surface area contributed by atoms with Crippen molar-refractivity contribution in [3.63, 3.8) is 0 Å². The molecule has 2 heterocycles. The molecule has 0 bridgehead atoms. The van der Waals surface area contributed by atoms with Crippen LogP contribution in [0, 0.1) is 5.82 Å². The van der Waals surface area contributed by atoms with Crippen LogP contribution in [0.5, 0.6) is 0 Å². The van der Waals surface area contributed by atoms with E-state index in [1.165, 1.54) is 12.3 Å². The molecule has 0 atom stereocenters. The SMILES string of the molecule is CN(C)Cc1ccc(CNC(=O)c2cnc3cnccc3c2)cc1F. The van der Waals surface area contributed by atoms with Gasteiger partial charge in [-0.3, -0.25) is 14.8 Å². The average molecular weight is 338 g/mol. The minimum absolute atomic E-state index is 0.246. The molecule has 0 spiro atoms. The number of rotatable bonds is 5. The summed E-state index contributed by atoms with van der Waals surface area (Å²) >= 11 is 0. The number of fused-ring (bicyclic) bond motifs is 1. The molecule has 1 N–H and O–H groups in total. The molecule has 1 aromatic carbocycles. The molecule has 1 amide bonds. The number of carbonyl (C=O) groups excluding carboxylic acids is 1. The van der Waals surface area contributed by atoms with Gasteiger partial charge >= 0.3 is 0 Å². The maximum absolute atomic E-state index is 14.1. The number of pyridine rings is 2. The summed E-state index contributed by atoms with van der Waals surface area (Å²) in [6, 6.07) is 8.61. The van der Waals surface area contributed by atoms with Gasteiger partial charge in [-0.1, -0.05) is 12.1 Å². The van der Waals surface area contributed by atoms with Crippen molar-refractivity contribution in [1.82, 2.24) is 20.2 Å². The van der Waals surface area contributed by atoms with Crippen LogP contribution in [0.3, 0.4) is 0 Å². The van der Waals surface area contributed by atoms with Gasteiger partial charge in [0.2, 0.25) is 0 Å². The van der Waals surface area contributed by atoms with E-state index in [1.807, 2.05) is 25.1 Å². The van der Waals surface area contributed by atoms with Gasteiger partial charge < -0.3 is 10.2 Å². The van der Waals surface area contributed by atoms with Crippen LogP contribution in [-0.2, 0) is 13.1 Å². The second-order valence-corrected chi connectivity index (χ2v) is 6.14. The molecule has 0 aliphatic heterocycles. The van der Waals surface area contributed by atoms with Gasteiger partial charge in [-0.25, -0.2) is 4.39 Å². The first-order chi connectivity index (χ1) is 12.0.